The lowest BCUT2D eigenvalue weighted by molar-refractivity contribution is 0.0325. The molecule has 0 unspecified atom stereocenters. The fourth-order valence-corrected chi connectivity index (χ4v) is 1.67. The molecule has 0 spiro atoms. The molecule has 0 aromatic heterocycles. The van der Waals surface area contributed by atoms with Gasteiger partial charge < -0.3 is 9.84 Å². The van der Waals surface area contributed by atoms with E-state index in [9.17, 15) is 0 Å². The molecular weight excluding hydrogens is 259 g/mol. The predicted molar refractivity (Wildman–Crippen MR) is 73.7 cm³/mol. The minimum absolute atomic E-state index is 0.181. The van der Waals surface area contributed by atoms with Gasteiger partial charge in [-0.05, 0) is 36.5 Å². The molecule has 1 N–H and O–H groups in total. The minimum Gasteiger partial charge on any atom is -0.371 e. The molecule has 0 amide bonds. The lowest BCUT2D eigenvalue weighted by Gasteiger charge is -2.06. The van der Waals surface area contributed by atoms with Crippen LogP contribution in [0.1, 0.15) is 25.8 Å². The molecule has 0 radical (unpaired) electrons. The molecule has 0 aliphatic heterocycles. The second-order valence-corrected chi connectivity index (χ2v) is 4.93. The fraction of sp³-hybridized carbons (Fsp3) is 0.538. The molecule has 98 valence electrons. The summed E-state index contributed by atoms with van der Waals surface area (Å²) in [5, 5.41) is 9.14. The van der Waals surface area contributed by atoms with Gasteiger partial charge in [-0.25, -0.2) is 0 Å². The summed E-state index contributed by atoms with van der Waals surface area (Å²) in [7, 11) is 1.43. The number of aliphatic hydroxyl groups excluding tert-OH is 1. The second kappa shape index (κ2) is 9.72. The Morgan fingerprint density at radius 1 is 1.29 bits per heavy atom. The molecule has 1 aromatic carbocycles. The number of halogens is 2. The molecule has 17 heavy (non-hydrogen) atoms. The molecule has 0 saturated heterocycles. The highest BCUT2D eigenvalue weighted by Gasteiger charge is 2.02. The molecule has 0 saturated carbocycles. The molecule has 2 nitrogen and oxygen atoms in total. The number of methoxy groups -OCH3 is 1. The average molecular weight is 279 g/mol. The Morgan fingerprint density at radius 2 is 1.88 bits per heavy atom. The Morgan fingerprint density at radius 3 is 2.29 bits per heavy atom. The van der Waals surface area contributed by atoms with Crippen molar-refractivity contribution < 1.29 is 9.84 Å². The van der Waals surface area contributed by atoms with Crippen LogP contribution in [0.3, 0.4) is 0 Å². The van der Waals surface area contributed by atoms with Crippen molar-refractivity contribution in [2.75, 3.05) is 13.9 Å². The van der Waals surface area contributed by atoms with E-state index in [0.717, 1.165) is 11.4 Å². The van der Waals surface area contributed by atoms with E-state index in [2.05, 4.69) is 18.6 Å². The van der Waals surface area contributed by atoms with Crippen LogP contribution in [0.4, 0.5) is 0 Å². The largest absolute Gasteiger partial charge is 0.371 e. The van der Waals surface area contributed by atoms with Crippen LogP contribution in [-0.2, 0) is 11.2 Å². The van der Waals surface area contributed by atoms with Gasteiger partial charge in [0.15, 0.2) is 0 Å². The van der Waals surface area contributed by atoms with Gasteiger partial charge in [0.25, 0.3) is 0 Å². The van der Waals surface area contributed by atoms with E-state index in [0.29, 0.717) is 10.9 Å². The van der Waals surface area contributed by atoms with E-state index >= 15 is 0 Å². The van der Waals surface area contributed by atoms with Gasteiger partial charge in [-0.2, -0.15) is 0 Å². The van der Waals surface area contributed by atoms with E-state index < -0.39 is 0 Å². The Balaban J connectivity index is 0.000000557. The maximum absolute atomic E-state index is 7.65. The summed E-state index contributed by atoms with van der Waals surface area (Å²) in [4.78, 5) is 0. The first-order chi connectivity index (χ1) is 8.01. The van der Waals surface area contributed by atoms with Crippen molar-refractivity contribution >= 4 is 23.2 Å². The van der Waals surface area contributed by atoms with E-state index in [1.165, 1.54) is 19.1 Å². The molecule has 0 aliphatic carbocycles. The lowest BCUT2D eigenvalue weighted by Crippen LogP contribution is -1.92. The summed E-state index contributed by atoms with van der Waals surface area (Å²) < 4.78 is 4.10. The van der Waals surface area contributed by atoms with Crippen molar-refractivity contribution in [2.45, 2.75) is 26.7 Å². The number of ether oxygens (including phenoxy) is 1. The van der Waals surface area contributed by atoms with Crippen LogP contribution in [-0.4, -0.2) is 19.0 Å². The smallest absolute Gasteiger partial charge is 0.143 e. The van der Waals surface area contributed by atoms with Crippen molar-refractivity contribution in [1.29, 1.82) is 0 Å². The number of rotatable bonds is 4. The topological polar surface area (TPSA) is 29.5 Å². The molecule has 1 aromatic rings. The first-order valence-corrected chi connectivity index (χ1v) is 6.30. The number of hydrogen-bond donors (Lipinski definition) is 1. The van der Waals surface area contributed by atoms with Crippen LogP contribution in [0, 0.1) is 5.92 Å². The molecule has 1 rings (SSSR count). The Kier molecular flexibility index (Phi) is 9.56. The van der Waals surface area contributed by atoms with Gasteiger partial charge in [0, 0.05) is 17.2 Å². The molecule has 0 fully saturated rings. The third kappa shape index (κ3) is 8.44. The van der Waals surface area contributed by atoms with Gasteiger partial charge in [-0.1, -0.05) is 43.1 Å². The fourth-order valence-electron chi connectivity index (χ4n) is 1.17. The summed E-state index contributed by atoms with van der Waals surface area (Å²) in [6.45, 7) is 4.24. The number of aliphatic hydroxyl groups is 1. The van der Waals surface area contributed by atoms with Gasteiger partial charge in [0.2, 0.25) is 0 Å². The summed E-state index contributed by atoms with van der Waals surface area (Å²) in [6.07, 6.45) is 2.20. The van der Waals surface area contributed by atoms with Gasteiger partial charge in [-0.15, -0.1) is 0 Å². The zero-order chi connectivity index (χ0) is 13.3. The molecule has 0 atom stereocenters. The zero-order valence-corrected chi connectivity index (χ0v) is 12.1. The molecule has 0 aliphatic rings. The maximum Gasteiger partial charge on any atom is 0.143 e. The molecule has 0 bridgehead atoms. The highest BCUT2D eigenvalue weighted by molar-refractivity contribution is 6.35. The molecule has 4 heteroatoms. The Hall–Kier alpha value is -0.280. The van der Waals surface area contributed by atoms with Crippen LogP contribution in [0.25, 0.3) is 0 Å². The van der Waals surface area contributed by atoms with E-state index in [4.69, 9.17) is 28.3 Å². The van der Waals surface area contributed by atoms with Gasteiger partial charge in [0.1, 0.15) is 6.79 Å². The summed E-state index contributed by atoms with van der Waals surface area (Å²) in [6, 6.07) is 5.70. The SMILES string of the molecule is CC(C)CCc1ccc(Cl)cc1Cl.COCO. The van der Waals surface area contributed by atoms with E-state index in [-0.39, 0.29) is 6.79 Å². The first kappa shape index (κ1) is 16.7. The van der Waals surface area contributed by atoms with Crippen LogP contribution < -0.4 is 0 Å². The van der Waals surface area contributed by atoms with E-state index in [1.54, 1.807) is 6.07 Å². The Bertz CT molecular complexity index is 312. The highest BCUT2D eigenvalue weighted by atomic mass is 35.5. The van der Waals surface area contributed by atoms with Crippen molar-refractivity contribution in [3.63, 3.8) is 0 Å². The normalized spacial score (nSPS) is 10.1. The lowest BCUT2D eigenvalue weighted by atomic mass is 10.0. The van der Waals surface area contributed by atoms with Crippen LogP contribution in [0.2, 0.25) is 10.0 Å². The van der Waals surface area contributed by atoms with Gasteiger partial charge in [-0.3, -0.25) is 0 Å². The summed E-state index contributed by atoms with van der Waals surface area (Å²) >= 11 is 11.8. The minimum atomic E-state index is -0.181. The van der Waals surface area contributed by atoms with E-state index in [1.807, 2.05) is 12.1 Å². The summed E-state index contributed by atoms with van der Waals surface area (Å²) in [5.41, 5.74) is 1.19. The molecular formula is C13H20Cl2O2. The second-order valence-electron chi connectivity index (χ2n) is 4.09. The average Bonchev–Trinajstić information content (AvgIpc) is 2.28. The number of benzene rings is 1. The van der Waals surface area contributed by atoms with Crippen LogP contribution in [0.5, 0.6) is 0 Å². The first-order valence-electron chi connectivity index (χ1n) is 5.55. The zero-order valence-electron chi connectivity index (χ0n) is 10.5. The third-order valence-electron chi connectivity index (χ3n) is 2.14. The number of hydrogen-bond acceptors (Lipinski definition) is 2. The molecule has 0 heterocycles. The quantitative estimate of drug-likeness (QED) is 0.838. The monoisotopic (exact) mass is 278 g/mol. The van der Waals surface area contributed by atoms with Gasteiger partial charge >= 0.3 is 0 Å². The predicted octanol–water partition coefficient (Wildman–Crippen LogP) is 4.16. The summed E-state index contributed by atoms with van der Waals surface area (Å²) in [5.74, 6) is 0.715. The van der Waals surface area contributed by atoms with Crippen molar-refractivity contribution in [1.82, 2.24) is 0 Å². The van der Waals surface area contributed by atoms with Crippen molar-refractivity contribution in [3.05, 3.63) is 33.8 Å². The third-order valence-corrected chi connectivity index (χ3v) is 2.72. The van der Waals surface area contributed by atoms with Crippen molar-refractivity contribution in [3.8, 4) is 0 Å². The standard InChI is InChI=1S/C11H14Cl2.C2H6O2/c1-8(2)3-4-9-5-6-10(12)7-11(9)13;1-4-2-3/h5-8H,3-4H2,1-2H3;3H,2H2,1H3. The highest BCUT2D eigenvalue weighted by Crippen LogP contribution is 2.22. The van der Waals surface area contributed by atoms with Crippen LogP contribution >= 0.6 is 23.2 Å². The maximum atomic E-state index is 7.65. The van der Waals surface area contributed by atoms with Gasteiger partial charge in [0.05, 0.1) is 0 Å². The van der Waals surface area contributed by atoms with Crippen molar-refractivity contribution in [2.24, 2.45) is 5.92 Å². The number of aryl methyl sites for hydroxylation is 1. The Labute approximate surface area is 114 Å². The van der Waals surface area contributed by atoms with Crippen LogP contribution in [0.15, 0.2) is 18.2 Å².